The van der Waals surface area contributed by atoms with Gasteiger partial charge in [-0.25, -0.2) is 9.48 Å². The van der Waals surface area contributed by atoms with Gasteiger partial charge in [0.05, 0.1) is 11.4 Å². The minimum absolute atomic E-state index is 0.107. The number of hydrogen-bond acceptors (Lipinski definition) is 4. The average molecular weight is 326 g/mol. The summed E-state index contributed by atoms with van der Waals surface area (Å²) < 4.78 is 6.85. The molecule has 1 aliphatic rings. The van der Waals surface area contributed by atoms with Crippen LogP contribution in [0.4, 0.5) is 0 Å². The molecule has 0 amide bonds. The molecule has 1 aliphatic carbocycles. The van der Waals surface area contributed by atoms with Crippen LogP contribution in [0.3, 0.4) is 0 Å². The second kappa shape index (κ2) is 6.23. The molecule has 0 unspecified atom stereocenters. The maximum absolute atomic E-state index is 12.5. The fraction of sp³-hybridized carbons (Fsp3) is 0.421. The molecule has 0 spiro atoms. The van der Waals surface area contributed by atoms with Gasteiger partial charge in [-0.05, 0) is 31.0 Å². The van der Waals surface area contributed by atoms with Gasteiger partial charge in [0.25, 0.3) is 0 Å². The Morgan fingerprint density at radius 2 is 1.88 bits per heavy atom. The molecular weight excluding hydrogens is 304 g/mol. The Kier molecular flexibility index (Phi) is 4.26. The van der Waals surface area contributed by atoms with Gasteiger partial charge in [0.1, 0.15) is 0 Å². The van der Waals surface area contributed by atoms with Gasteiger partial charge in [0.15, 0.2) is 18.1 Å². The minimum atomic E-state index is -0.529. The van der Waals surface area contributed by atoms with Crippen molar-refractivity contribution < 1.29 is 14.3 Å². The van der Waals surface area contributed by atoms with E-state index in [0.717, 1.165) is 24.2 Å². The molecule has 0 aliphatic heterocycles. The summed E-state index contributed by atoms with van der Waals surface area (Å²) in [4.78, 5) is 24.5. The molecule has 0 radical (unpaired) electrons. The number of hydrogen-bond donors (Lipinski definition) is 0. The van der Waals surface area contributed by atoms with Crippen molar-refractivity contribution in [2.45, 2.75) is 39.5 Å². The van der Waals surface area contributed by atoms with Crippen LogP contribution in [0.25, 0.3) is 5.69 Å². The van der Waals surface area contributed by atoms with Crippen LogP contribution in [0.1, 0.15) is 55.7 Å². The molecule has 5 nitrogen and oxygen atoms in total. The Bertz CT molecular complexity index is 753. The van der Waals surface area contributed by atoms with Crippen LogP contribution in [0.5, 0.6) is 0 Å². The van der Waals surface area contributed by atoms with Gasteiger partial charge >= 0.3 is 5.97 Å². The first-order valence-electron chi connectivity index (χ1n) is 8.22. The van der Waals surface area contributed by atoms with Crippen LogP contribution in [0.15, 0.2) is 36.4 Å². The summed E-state index contributed by atoms with van der Waals surface area (Å²) in [6.07, 6.45) is 2.20. The number of nitrogens with zero attached hydrogens (tertiary/aromatic N) is 2. The van der Waals surface area contributed by atoms with Gasteiger partial charge in [-0.1, -0.05) is 39.0 Å². The number of carbonyl (C=O) groups excluding carboxylic acids is 2. The first-order chi connectivity index (χ1) is 11.4. The number of para-hydroxylation sites is 1. The molecule has 3 rings (SSSR count). The first-order valence-corrected chi connectivity index (χ1v) is 8.22. The highest BCUT2D eigenvalue weighted by Gasteiger charge is 2.30. The molecule has 0 saturated heterocycles. The van der Waals surface area contributed by atoms with Gasteiger partial charge in [-0.3, -0.25) is 4.79 Å². The molecule has 126 valence electrons. The van der Waals surface area contributed by atoms with E-state index >= 15 is 0 Å². The summed E-state index contributed by atoms with van der Waals surface area (Å²) in [7, 11) is 0. The van der Waals surface area contributed by atoms with Crippen LogP contribution >= 0.6 is 0 Å². The highest BCUT2D eigenvalue weighted by Crippen LogP contribution is 2.39. The van der Waals surface area contributed by atoms with Gasteiger partial charge in [0.2, 0.25) is 0 Å². The normalized spacial score (nSPS) is 14.5. The Hall–Kier alpha value is -2.43. The second-order valence-corrected chi connectivity index (χ2v) is 7.23. The van der Waals surface area contributed by atoms with Crippen molar-refractivity contribution >= 4 is 11.8 Å². The van der Waals surface area contributed by atoms with E-state index in [0.29, 0.717) is 11.6 Å². The lowest BCUT2D eigenvalue weighted by atomic mass is 9.91. The Morgan fingerprint density at radius 3 is 2.46 bits per heavy atom. The van der Waals surface area contributed by atoms with E-state index in [2.05, 4.69) is 5.10 Å². The van der Waals surface area contributed by atoms with Crippen molar-refractivity contribution in [2.75, 3.05) is 6.61 Å². The van der Waals surface area contributed by atoms with Crippen molar-refractivity contribution in [1.29, 1.82) is 0 Å². The van der Waals surface area contributed by atoms with E-state index in [1.165, 1.54) is 0 Å². The number of rotatable bonds is 5. The summed E-state index contributed by atoms with van der Waals surface area (Å²) in [6.45, 7) is 5.20. The van der Waals surface area contributed by atoms with Gasteiger partial charge in [-0.15, -0.1) is 0 Å². The monoisotopic (exact) mass is 326 g/mol. The third-order valence-corrected chi connectivity index (χ3v) is 4.10. The van der Waals surface area contributed by atoms with E-state index in [-0.39, 0.29) is 12.4 Å². The summed E-state index contributed by atoms with van der Waals surface area (Å²) in [5, 5.41) is 4.57. The molecule has 0 bridgehead atoms. The molecular formula is C19H22N2O3. The summed E-state index contributed by atoms with van der Waals surface area (Å²) in [5.74, 6) is -0.197. The van der Waals surface area contributed by atoms with Crippen LogP contribution in [-0.4, -0.2) is 28.1 Å². The standard InChI is InChI=1S/C19H22N2O3/c1-19(2,3)17(22)12-24-18(23)16-11-15(13-9-10-13)20-21(16)14-7-5-4-6-8-14/h4-8,11,13H,9-10,12H2,1-3H3. The smallest absolute Gasteiger partial charge is 0.357 e. The Labute approximate surface area is 141 Å². The van der Waals surface area contributed by atoms with E-state index in [1.54, 1.807) is 10.7 Å². The fourth-order valence-corrected chi connectivity index (χ4v) is 2.31. The van der Waals surface area contributed by atoms with Gasteiger partial charge in [-0.2, -0.15) is 5.10 Å². The number of ether oxygens (including phenoxy) is 1. The molecule has 5 heteroatoms. The number of aromatic nitrogens is 2. The van der Waals surface area contributed by atoms with Gasteiger partial charge < -0.3 is 4.74 Å². The third kappa shape index (κ3) is 3.55. The zero-order valence-electron chi connectivity index (χ0n) is 14.3. The van der Waals surface area contributed by atoms with Crippen molar-refractivity contribution in [1.82, 2.24) is 9.78 Å². The molecule has 0 atom stereocenters. The SMILES string of the molecule is CC(C)(C)C(=O)COC(=O)c1cc(C2CC2)nn1-c1ccccc1. The van der Waals surface area contributed by atoms with Crippen molar-refractivity contribution in [3.05, 3.63) is 47.8 Å². The zero-order valence-corrected chi connectivity index (χ0v) is 14.3. The molecule has 24 heavy (non-hydrogen) atoms. The van der Waals surface area contributed by atoms with E-state index in [9.17, 15) is 9.59 Å². The summed E-state index contributed by atoms with van der Waals surface area (Å²) in [5.41, 5.74) is 1.55. The predicted octanol–water partition coefficient (Wildman–Crippen LogP) is 3.52. The lowest BCUT2D eigenvalue weighted by Crippen LogP contribution is -2.27. The number of esters is 1. The molecule has 0 N–H and O–H groups in total. The highest BCUT2D eigenvalue weighted by atomic mass is 16.5. The number of carbonyl (C=O) groups is 2. The number of benzene rings is 1. The highest BCUT2D eigenvalue weighted by molar-refractivity contribution is 5.92. The first kappa shape index (κ1) is 16.4. The quantitative estimate of drug-likeness (QED) is 0.789. The molecule has 1 saturated carbocycles. The number of Topliss-reactive ketones (excluding diaryl/α,β-unsaturated/α-hetero) is 1. The van der Waals surface area contributed by atoms with Crippen molar-refractivity contribution in [2.24, 2.45) is 5.41 Å². The van der Waals surface area contributed by atoms with E-state index < -0.39 is 11.4 Å². The number of ketones is 1. The lowest BCUT2D eigenvalue weighted by molar-refractivity contribution is -0.129. The van der Waals surface area contributed by atoms with Crippen LogP contribution in [0.2, 0.25) is 0 Å². The average Bonchev–Trinajstić information content (AvgIpc) is 3.31. The Balaban J connectivity index is 1.83. The van der Waals surface area contributed by atoms with E-state index in [4.69, 9.17) is 4.74 Å². The van der Waals surface area contributed by atoms with Gasteiger partial charge in [0, 0.05) is 11.3 Å². The topological polar surface area (TPSA) is 61.2 Å². The lowest BCUT2D eigenvalue weighted by Gasteiger charge is -2.16. The predicted molar refractivity (Wildman–Crippen MR) is 90.3 cm³/mol. The zero-order chi connectivity index (χ0) is 17.3. The Morgan fingerprint density at radius 1 is 1.21 bits per heavy atom. The molecule has 1 aromatic heterocycles. The van der Waals surface area contributed by atoms with Crippen LogP contribution in [0, 0.1) is 5.41 Å². The third-order valence-electron chi connectivity index (χ3n) is 4.10. The maximum atomic E-state index is 12.5. The van der Waals surface area contributed by atoms with Crippen molar-refractivity contribution in [3.63, 3.8) is 0 Å². The molecule has 1 fully saturated rings. The maximum Gasteiger partial charge on any atom is 0.357 e. The van der Waals surface area contributed by atoms with Crippen LogP contribution < -0.4 is 0 Å². The van der Waals surface area contributed by atoms with E-state index in [1.807, 2.05) is 51.1 Å². The largest absolute Gasteiger partial charge is 0.453 e. The van der Waals surface area contributed by atoms with Crippen molar-refractivity contribution in [3.8, 4) is 5.69 Å². The fourth-order valence-electron chi connectivity index (χ4n) is 2.31. The molecule has 1 heterocycles. The van der Waals surface area contributed by atoms with Crippen LogP contribution in [-0.2, 0) is 9.53 Å². The molecule has 2 aromatic rings. The minimum Gasteiger partial charge on any atom is -0.453 e. The second-order valence-electron chi connectivity index (χ2n) is 7.23. The summed E-state index contributed by atoms with van der Waals surface area (Å²) >= 11 is 0. The summed E-state index contributed by atoms with van der Waals surface area (Å²) in [6, 6.07) is 11.3. The molecule has 1 aromatic carbocycles.